The Kier molecular flexibility index (Phi) is 5.50. The molecule has 2 heterocycles. The third kappa shape index (κ3) is 4.77. The van der Waals surface area contributed by atoms with Crippen molar-refractivity contribution < 1.29 is 4.74 Å². The lowest BCUT2D eigenvalue weighted by molar-refractivity contribution is 0.122. The Balaban J connectivity index is 1.37. The number of pyridine rings is 1. The summed E-state index contributed by atoms with van der Waals surface area (Å²) in [5.41, 5.74) is 4.55. The number of nitrogens with one attached hydrogen (secondary N) is 2. The minimum atomic E-state index is 0.790. The second kappa shape index (κ2) is 8.56. The van der Waals surface area contributed by atoms with Crippen molar-refractivity contribution in [2.45, 2.75) is 6.54 Å². The van der Waals surface area contributed by atoms with E-state index in [9.17, 15) is 0 Å². The molecule has 2 N–H and O–H groups in total. The molecule has 0 saturated carbocycles. The van der Waals surface area contributed by atoms with E-state index in [1.807, 2.05) is 24.4 Å². The lowest BCUT2D eigenvalue weighted by Gasteiger charge is -2.28. The smallest absolute Gasteiger partial charge is 0.132 e. The molecule has 138 valence electrons. The van der Waals surface area contributed by atoms with Crippen LogP contribution in [0, 0.1) is 0 Å². The van der Waals surface area contributed by atoms with Gasteiger partial charge in [0.25, 0.3) is 0 Å². The van der Waals surface area contributed by atoms with E-state index in [0.29, 0.717) is 0 Å². The fraction of sp³-hybridized carbons (Fsp3) is 0.227. The minimum absolute atomic E-state index is 0.790. The molecule has 0 aliphatic carbocycles. The van der Waals surface area contributed by atoms with Crippen LogP contribution in [0.2, 0.25) is 0 Å². The zero-order valence-electron chi connectivity index (χ0n) is 15.3. The Morgan fingerprint density at radius 2 is 1.67 bits per heavy atom. The van der Waals surface area contributed by atoms with Gasteiger partial charge in [0.05, 0.1) is 13.2 Å². The maximum Gasteiger partial charge on any atom is 0.132 e. The van der Waals surface area contributed by atoms with E-state index in [-0.39, 0.29) is 0 Å². The summed E-state index contributed by atoms with van der Waals surface area (Å²) in [7, 11) is 0. The SMILES string of the molecule is c1ccc(CNc2ccnc(Nc3ccc(N4CCOCC4)cc3)c2)cc1. The zero-order chi connectivity index (χ0) is 18.3. The molecule has 3 aromatic rings. The summed E-state index contributed by atoms with van der Waals surface area (Å²) in [6.45, 7) is 4.28. The van der Waals surface area contributed by atoms with E-state index in [1.54, 1.807) is 0 Å². The van der Waals surface area contributed by atoms with Gasteiger partial charge in [-0.2, -0.15) is 0 Å². The third-order valence-corrected chi connectivity index (χ3v) is 4.62. The van der Waals surface area contributed by atoms with Crippen LogP contribution in [0.4, 0.5) is 22.9 Å². The van der Waals surface area contributed by atoms with Crippen LogP contribution >= 0.6 is 0 Å². The Labute approximate surface area is 160 Å². The molecule has 4 rings (SSSR count). The van der Waals surface area contributed by atoms with Crippen molar-refractivity contribution in [2.24, 2.45) is 0 Å². The summed E-state index contributed by atoms with van der Waals surface area (Å²) in [5.74, 6) is 0.826. The predicted molar refractivity (Wildman–Crippen MR) is 111 cm³/mol. The van der Waals surface area contributed by atoms with Crippen LogP contribution in [-0.4, -0.2) is 31.3 Å². The highest BCUT2D eigenvalue weighted by atomic mass is 16.5. The number of nitrogens with zero attached hydrogens (tertiary/aromatic N) is 2. The van der Waals surface area contributed by atoms with Crippen LogP contribution in [0.25, 0.3) is 0 Å². The minimum Gasteiger partial charge on any atom is -0.381 e. The molecule has 0 spiro atoms. The van der Waals surface area contributed by atoms with Gasteiger partial charge in [-0.1, -0.05) is 30.3 Å². The van der Waals surface area contributed by atoms with Crippen molar-refractivity contribution >= 4 is 22.9 Å². The number of morpholine rings is 1. The van der Waals surface area contributed by atoms with Gasteiger partial charge in [-0.3, -0.25) is 0 Å². The highest BCUT2D eigenvalue weighted by Crippen LogP contribution is 2.22. The van der Waals surface area contributed by atoms with Crippen LogP contribution in [0.1, 0.15) is 5.56 Å². The van der Waals surface area contributed by atoms with Crippen LogP contribution in [0.15, 0.2) is 72.9 Å². The van der Waals surface area contributed by atoms with E-state index in [1.165, 1.54) is 11.3 Å². The number of anilines is 4. The van der Waals surface area contributed by atoms with Crippen molar-refractivity contribution in [3.8, 4) is 0 Å². The van der Waals surface area contributed by atoms with E-state index < -0.39 is 0 Å². The van der Waals surface area contributed by atoms with Gasteiger partial charge in [0.15, 0.2) is 0 Å². The molecular weight excluding hydrogens is 336 g/mol. The van der Waals surface area contributed by atoms with Crippen LogP contribution in [0.3, 0.4) is 0 Å². The second-order valence-corrected chi connectivity index (χ2v) is 6.54. The fourth-order valence-electron chi connectivity index (χ4n) is 3.13. The van der Waals surface area contributed by atoms with Crippen molar-refractivity contribution in [3.63, 3.8) is 0 Å². The second-order valence-electron chi connectivity index (χ2n) is 6.54. The molecule has 1 saturated heterocycles. The van der Waals surface area contributed by atoms with Gasteiger partial charge in [0.2, 0.25) is 0 Å². The monoisotopic (exact) mass is 360 g/mol. The average molecular weight is 360 g/mol. The summed E-state index contributed by atoms with van der Waals surface area (Å²) in [6, 6.07) is 22.8. The third-order valence-electron chi connectivity index (χ3n) is 4.62. The van der Waals surface area contributed by atoms with Gasteiger partial charge in [-0.05, 0) is 35.9 Å². The Hall–Kier alpha value is -3.05. The number of ether oxygens (including phenoxy) is 1. The van der Waals surface area contributed by atoms with Gasteiger partial charge in [-0.25, -0.2) is 4.98 Å². The van der Waals surface area contributed by atoms with Crippen molar-refractivity contribution in [1.82, 2.24) is 4.98 Å². The molecule has 1 aliphatic heterocycles. The summed E-state index contributed by atoms with van der Waals surface area (Å²) >= 11 is 0. The average Bonchev–Trinajstić information content (AvgIpc) is 2.75. The molecular formula is C22H24N4O. The first-order valence-electron chi connectivity index (χ1n) is 9.30. The first-order chi connectivity index (χ1) is 13.4. The highest BCUT2D eigenvalue weighted by molar-refractivity contribution is 5.63. The lowest BCUT2D eigenvalue weighted by Crippen LogP contribution is -2.36. The van der Waals surface area contributed by atoms with Crippen LogP contribution in [-0.2, 0) is 11.3 Å². The summed E-state index contributed by atoms with van der Waals surface area (Å²) in [5, 5.41) is 6.82. The maximum absolute atomic E-state index is 5.41. The maximum atomic E-state index is 5.41. The van der Waals surface area contributed by atoms with Crippen molar-refractivity contribution in [1.29, 1.82) is 0 Å². The molecule has 5 heteroatoms. The molecule has 27 heavy (non-hydrogen) atoms. The van der Waals surface area contributed by atoms with Gasteiger partial charge >= 0.3 is 0 Å². The van der Waals surface area contributed by atoms with Gasteiger partial charge in [0, 0.05) is 49.0 Å². The standard InChI is InChI=1S/C22H24N4O/c1-2-4-18(5-3-1)17-24-20-10-11-23-22(16-20)25-19-6-8-21(9-7-19)26-12-14-27-15-13-26/h1-11,16H,12-15,17H2,(H2,23,24,25). The fourth-order valence-corrected chi connectivity index (χ4v) is 3.13. The molecule has 0 amide bonds. The lowest BCUT2D eigenvalue weighted by atomic mass is 10.2. The first kappa shape index (κ1) is 17.4. The number of hydrogen-bond acceptors (Lipinski definition) is 5. The topological polar surface area (TPSA) is 49.4 Å². The molecule has 0 unspecified atom stereocenters. The molecule has 1 aromatic heterocycles. The van der Waals surface area contributed by atoms with E-state index >= 15 is 0 Å². The number of rotatable bonds is 6. The quantitative estimate of drug-likeness (QED) is 0.687. The molecule has 0 bridgehead atoms. The number of benzene rings is 2. The molecule has 2 aromatic carbocycles. The van der Waals surface area contributed by atoms with Gasteiger partial charge < -0.3 is 20.3 Å². The summed E-state index contributed by atoms with van der Waals surface area (Å²) in [4.78, 5) is 6.77. The van der Waals surface area contributed by atoms with E-state index in [0.717, 1.165) is 50.0 Å². The number of aromatic nitrogens is 1. The van der Waals surface area contributed by atoms with E-state index in [4.69, 9.17) is 4.74 Å². The largest absolute Gasteiger partial charge is 0.381 e. The first-order valence-corrected chi connectivity index (χ1v) is 9.30. The van der Waals surface area contributed by atoms with Crippen molar-refractivity contribution in [2.75, 3.05) is 41.8 Å². The molecule has 5 nitrogen and oxygen atoms in total. The zero-order valence-corrected chi connectivity index (χ0v) is 15.3. The molecule has 1 aliphatic rings. The Morgan fingerprint density at radius 1 is 0.889 bits per heavy atom. The van der Waals surface area contributed by atoms with Gasteiger partial charge in [0.1, 0.15) is 5.82 Å². The van der Waals surface area contributed by atoms with Gasteiger partial charge in [-0.15, -0.1) is 0 Å². The summed E-state index contributed by atoms with van der Waals surface area (Å²) in [6.07, 6.45) is 1.82. The highest BCUT2D eigenvalue weighted by Gasteiger charge is 2.10. The number of hydrogen-bond donors (Lipinski definition) is 2. The molecule has 0 radical (unpaired) electrons. The van der Waals surface area contributed by atoms with Crippen LogP contribution < -0.4 is 15.5 Å². The Bertz CT molecular complexity index is 846. The van der Waals surface area contributed by atoms with E-state index in [2.05, 4.69) is 69.0 Å². The predicted octanol–water partition coefficient (Wildman–Crippen LogP) is 4.27. The summed E-state index contributed by atoms with van der Waals surface area (Å²) < 4.78 is 5.41. The van der Waals surface area contributed by atoms with Crippen molar-refractivity contribution in [3.05, 3.63) is 78.5 Å². The normalized spacial score (nSPS) is 14.0. The molecule has 0 atom stereocenters. The Morgan fingerprint density at radius 3 is 2.44 bits per heavy atom. The molecule has 1 fully saturated rings. The van der Waals surface area contributed by atoms with Crippen LogP contribution in [0.5, 0.6) is 0 Å².